The van der Waals surface area contributed by atoms with Crippen LogP contribution in [0.5, 0.6) is 5.88 Å². The van der Waals surface area contributed by atoms with E-state index >= 15 is 0 Å². The van der Waals surface area contributed by atoms with E-state index in [-0.39, 0.29) is 19.3 Å². The number of hydrogen-bond donors (Lipinski definition) is 3. The Bertz CT molecular complexity index is 916. The fourth-order valence-corrected chi connectivity index (χ4v) is 2.88. The van der Waals surface area contributed by atoms with Crippen molar-refractivity contribution >= 4 is 5.69 Å². The normalized spacial score (nSPS) is 23.5. The molecule has 2 aromatic rings. The minimum atomic E-state index is -5.20. The lowest BCUT2D eigenvalue weighted by molar-refractivity contribution is -0.277. The van der Waals surface area contributed by atoms with Crippen LogP contribution < -0.4 is 10.5 Å². The zero-order valence-electron chi connectivity index (χ0n) is 15.1. The minimum Gasteiger partial charge on any atom is -0.477 e. The number of hydrogen-bond acceptors (Lipinski definition) is 8. The van der Waals surface area contributed by atoms with Crippen LogP contribution in [0.1, 0.15) is 37.1 Å². The number of aliphatic hydroxyl groups is 2. The van der Waals surface area contributed by atoms with Gasteiger partial charge in [0, 0.05) is 6.42 Å². The van der Waals surface area contributed by atoms with Crippen molar-refractivity contribution < 1.29 is 45.7 Å². The number of aromatic nitrogens is 3. The number of nitrogen functional groups attached to an aromatic ring is 1. The number of nitrogens with zero attached hydrogens (tertiary/aromatic N) is 3. The van der Waals surface area contributed by atoms with Crippen molar-refractivity contribution in [2.75, 3.05) is 12.3 Å². The average molecular weight is 442 g/mol. The zero-order valence-corrected chi connectivity index (χ0v) is 15.1. The van der Waals surface area contributed by atoms with Crippen LogP contribution in [0.3, 0.4) is 0 Å². The summed E-state index contributed by atoms with van der Waals surface area (Å²) in [4.78, 5) is 3.60. The fourth-order valence-electron chi connectivity index (χ4n) is 2.88. The molecule has 0 aromatic carbocycles. The predicted molar refractivity (Wildman–Crippen MR) is 86.9 cm³/mol. The van der Waals surface area contributed by atoms with Crippen molar-refractivity contribution in [3.8, 4) is 17.5 Å². The zero-order chi connectivity index (χ0) is 22.3. The monoisotopic (exact) mass is 442 g/mol. The Labute approximate surface area is 164 Å². The van der Waals surface area contributed by atoms with Gasteiger partial charge in [-0.1, -0.05) is 0 Å². The van der Waals surface area contributed by atoms with Gasteiger partial charge in [-0.3, -0.25) is 0 Å². The maximum absolute atomic E-state index is 13.5. The molecule has 0 amide bonds. The second-order valence-electron chi connectivity index (χ2n) is 6.73. The lowest BCUT2D eigenvalue weighted by Gasteiger charge is -2.27. The molecule has 0 radical (unpaired) electrons. The molecule has 4 N–H and O–H groups in total. The van der Waals surface area contributed by atoms with Gasteiger partial charge in [-0.2, -0.15) is 26.3 Å². The number of nitrogens with two attached hydrogens (primary N) is 1. The van der Waals surface area contributed by atoms with E-state index in [0.717, 1.165) is 0 Å². The Hall–Kier alpha value is -2.61. The van der Waals surface area contributed by atoms with Crippen LogP contribution >= 0.6 is 0 Å². The number of anilines is 1. The second-order valence-corrected chi connectivity index (χ2v) is 6.73. The van der Waals surface area contributed by atoms with E-state index < -0.39 is 71.7 Å². The summed E-state index contributed by atoms with van der Waals surface area (Å²) in [6.45, 7) is -0.404. The van der Waals surface area contributed by atoms with Crippen LogP contribution in [0.4, 0.5) is 32.0 Å². The molecule has 0 fully saturated rings. The molecule has 1 aliphatic heterocycles. The third kappa shape index (κ3) is 4.14. The van der Waals surface area contributed by atoms with Crippen LogP contribution in [-0.4, -0.2) is 44.3 Å². The Morgan fingerprint density at radius 1 is 1.13 bits per heavy atom. The van der Waals surface area contributed by atoms with E-state index in [1.54, 1.807) is 0 Å². The van der Waals surface area contributed by atoms with E-state index in [1.165, 1.54) is 0 Å². The van der Waals surface area contributed by atoms with E-state index in [0.29, 0.717) is 6.07 Å². The number of aliphatic hydroxyl groups excluding tert-OH is 1. The first-order valence-corrected chi connectivity index (χ1v) is 8.65. The van der Waals surface area contributed by atoms with Crippen molar-refractivity contribution in [3.05, 3.63) is 17.5 Å². The lowest BCUT2D eigenvalue weighted by atomic mass is 9.94. The van der Waals surface area contributed by atoms with Crippen molar-refractivity contribution in [1.82, 2.24) is 15.2 Å². The van der Waals surface area contributed by atoms with Gasteiger partial charge < -0.3 is 25.1 Å². The number of rotatable bonds is 0. The molecule has 14 heteroatoms. The number of alkyl halides is 6. The van der Waals surface area contributed by atoms with Gasteiger partial charge in [-0.25, -0.2) is 4.98 Å². The molecular weight excluding hydrogens is 426 g/mol. The maximum Gasteiger partial charge on any atom is 0.426 e. The van der Waals surface area contributed by atoms with Crippen LogP contribution in [0.15, 0.2) is 10.5 Å². The summed E-state index contributed by atoms with van der Waals surface area (Å²) in [6.07, 6.45) is -12.8. The first-order valence-electron chi connectivity index (χ1n) is 8.65. The van der Waals surface area contributed by atoms with Crippen molar-refractivity contribution in [2.24, 2.45) is 0 Å². The molecule has 1 aliphatic rings. The number of ether oxygens (including phenoxy) is 1. The van der Waals surface area contributed by atoms with Gasteiger partial charge in [-0.05, 0) is 25.3 Å². The standard InChI is InChI=1S/C16H16F6N4O4/c17-15(18,19)8-6-9(23)10-12-25-26-13(30-12)14(28,16(20,21)22)4-1-2-7(27)3-5-29-11(8)24-10/h6-7,27-28H,1-5,23H2. The smallest absolute Gasteiger partial charge is 0.426 e. The highest BCUT2D eigenvalue weighted by atomic mass is 19.4. The summed E-state index contributed by atoms with van der Waals surface area (Å²) in [5, 5.41) is 26.7. The third-order valence-electron chi connectivity index (χ3n) is 4.54. The SMILES string of the molecule is Nc1cc(C(F)(F)F)c2nc1-c1nnc(o1)C(O)(C(F)(F)F)CCCC(O)CCO2. The molecule has 0 aliphatic carbocycles. The molecule has 3 rings (SSSR count). The van der Waals surface area contributed by atoms with E-state index in [4.69, 9.17) is 14.9 Å². The molecule has 0 spiro atoms. The molecule has 166 valence electrons. The van der Waals surface area contributed by atoms with Crippen LogP contribution in [-0.2, 0) is 11.8 Å². The average Bonchev–Trinajstić information content (AvgIpc) is 3.10. The van der Waals surface area contributed by atoms with Gasteiger partial charge in [0.15, 0.2) is 5.69 Å². The predicted octanol–water partition coefficient (Wildman–Crippen LogP) is 2.80. The van der Waals surface area contributed by atoms with Crippen LogP contribution in [0.2, 0.25) is 0 Å². The maximum atomic E-state index is 13.5. The number of fused-ring (bicyclic) bond motifs is 5. The topological polar surface area (TPSA) is 128 Å². The third-order valence-corrected chi connectivity index (χ3v) is 4.54. The van der Waals surface area contributed by atoms with Gasteiger partial charge in [0.2, 0.25) is 11.5 Å². The first kappa shape index (κ1) is 22.1. The molecule has 0 saturated carbocycles. The number of halogens is 6. The molecule has 4 bridgehead atoms. The van der Waals surface area contributed by atoms with Crippen LogP contribution in [0.25, 0.3) is 11.6 Å². The molecule has 8 nitrogen and oxygen atoms in total. The van der Waals surface area contributed by atoms with Crippen molar-refractivity contribution in [2.45, 2.75) is 49.7 Å². The molecule has 2 unspecified atom stereocenters. The first-order chi connectivity index (χ1) is 13.8. The summed E-state index contributed by atoms with van der Waals surface area (Å²) in [5.74, 6) is -2.86. The quantitative estimate of drug-likeness (QED) is 0.532. The van der Waals surface area contributed by atoms with Gasteiger partial charge in [0.05, 0.1) is 18.4 Å². The number of pyridine rings is 1. The van der Waals surface area contributed by atoms with Crippen molar-refractivity contribution in [1.29, 1.82) is 0 Å². The highest BCUT2D eigenvalue weighted by Crippen LogP contribution is 2.44. The highest BCUT2D eigenvalue weighted by Gasteiger charge is 2.58. The van der Waals surface area contributed by atoms with Gasteiger partial charge in [0.25, 0.3) is 11.8 Å². The van der Waals surface area contributed by atoms with E-state index in [1.807, 2.05) is 0 Å². The summed E-state index contributed by atoms with van der Waals surface area (Å²) >= 11 is 0. The van der Waals surface area contributed by atoms with E-state index in [9.17, 15) is 36.6 Å². The van der Waals surface area contributed by atoms with Crippen LogP contribution in [0, 0.1) is 0 Å². The Balaban J connectivity index is 2.16. The fraction of sp³-hybridized carbons (Fsp3) is 0.562. The molecule has 0 saturated heterocycles. The molecule has 30 heavy (non-hydrogen) atoms. The summed E-state index contributed by atoms with van der Waals surface area (Å²) in [6, 6.07) is 0.472. The lowest BCUT2D eigenvalue weighted by Crippen LogP contribution is -2.42. The van der Waals surface area contributed by atoms with E-state index in [2.05, 4.69) is 15.2 Å². The second kappa shape index (κ2) is 7.58. The van der Waals surface area contributed by atoms with Gasteiger partial charge in [-0.15, -0.1) is 10.2 Å². The molecule has 3 heterocycles. The Kier molecular flexibility index (Phi) is 5.58. The summed E-state index contributed by atoms with van der Waals surface area (Å²) in [5.41, 5.74) is -0.422. The summed E-state index contributed by atoms with van der Waals surface area (Å²) < 4.78 is 90.4. The van der Waals surface area contributed by atoms with Gasteiger partial charge >= 0.3 is 12.4 Å². The Morgan fingerprint density at radius 3 is 2.47 bits per heavy atom. The molecular formula is C16H16F6N4O4. The van der Waals surface area contributed by atoms with Gasteiger partial charge in [0.1, 0.15) is 5.56 Å². The highest BCUT2D eigenvalue weighted by molar-refractivity contribution is 5.68. The largest absolute Gasteiger partial charge is 0.477 e. The molecule has 2 aromatic heterocycles. The summed E-state index contributed by atoms with van der Waals surface area (Å²) in [7, 11) is 0. The Morgan fingerprint density at radius 2 is 1.83 bits per heavy atom. The van der Waals surface area contributed by atoms with Crippen molar-refractivity contribution in [3.63, 3.8) is 0 Å². The molecule has 2 atom stereocenters. The minimum absolute atomic E-state index is 0.179.